The Balaban J connectivity index is 1.29. The Morgan fingerprint density at radius 2 is 1.66 bits per heavy atom. The number of benzene rings is 4. The minimum absolute atomic E-state index is 0.0427. The fourth-order valence-electron chi connectivity index (χ4n) is 7.94. The van der Waals surface area contributed by atoms with Crippen LogP contribution in [0.5, 0.6) is 0 Å². The number of hydrogen-bond donors (Lipinski definition) is 2. The van der Waals surface area contributed by atoms with Crippen molar-refractivity contribution in [1.29, 1.82) is 0 Å². The van der Waals surface area contributed by atoms with E-state index in [-0.39, 0.29) is 78.8 Å². The van der Waals surface area contributed by atoms with Crippen molar-refractivity contribution in [2.45, 2.75) is 64.1 Å². The second-order valence-corrected chi connectivity index (χ2v) is 15.2. The SMILES string of the molecule is CN1CCCC1CCNc1c(F)cc2c(=O)c(C(=O)N3CCC(NC(=O)OC(C)(C)C)C3)cn3c4cc5c(=O)c6ccccc6c(=O)c5cc4oc1c23. The Morgan fingerprint density at radius 1 is 0.943 bits per heavy atom. The summed E-state index contributed by atoms with van der Waals surface area (Å²) in [5.41, 5.74) is -1.51. The van der Waals surface area contributed by atoms with Crippen LogP contribution < -0.4 is 26.9 Å². The van der Waals surface area contributed by atoms with Crippen molar-refractivity contribution in [3.63, 3.8) is 0 Å². The monoisotopic (exact) mass is 721 g/mol. The van der Waals surface area contributed by atoms with Crippen LogP contribution in [0.15, 0.2) is 67.5 Å². The van der Waals surface area contributed by atoms with Gasteiger partial charge in [-0.3, -0.25) is 19.2 Å². The average Bonchev–Trinajstić information content (AvgIpc) is 3.76. The molecule has 4 heterocycles. The van der Waals surface area contributed by atoms with Gasteiger partial charge in [-0.1, -0.05) is 24.3 Å². The summed E-state index contributed by atoms with van der Waals surface area (Å²) >= 11 is 0. The normalized spacial score (nSPS) is 18.2. The molecule has 0 aliphatic carbocycles. The number of anilines is 1. The Morgan fingerprint density at radius 3 is 2.34 bits per heavy atom. The third-order valence-corrected chi connectivity index (χ3v) is 10.5. The predicted molar refractivity (Wildman–Crippen MR) is 202 cm³/mol. The fraction of sp³-hybridized carbons (Fsp3) is 0.375. The number of ether oxygens (including phenoxy) is 1. The van der Waals surface area contributed by atoms with Crippen LogP contribution in [0.3, 0.4) is 0 Å². The molecule has 2 amide bonds. The summed E-state index contributed by atoms with van der Waals surface area (Å²) in [6.07, 6.45) is 4.13. The van der Waals surface area contributed by atoms with E-state index >= 15 is 4.39 Å². The van der Waals surface area contributed by atoms with Gasteiger partial charge in [0.25, 0.3) is 5.91 Å². The number of likely N-dealkylation sites (tertiary alicyclic amines) is 2. The van der Waals surface area contributed by atoms with Gasteiger partial charge >= 0.3 is 6.09 Å². The molecule has 0 spiro atoms. The standard InChI is InChI=1S/C40H40FN5O7/c1-40(2,3)53-39(51)43-21-12-15-45(19-21)38(50)28-20-46-30-17-25-26(35(48)24-10-6-5-9-23(24)34(25)47)18-31(30)52-37-32(29(41)16-27(33(37)46)36(28)49)42-13-11-22-8-7-14-44(22)4/h5-6,9-10,16-18,20-22,42H,7-8,11-15,19H2,1-4H3,(H,43,51). The number of rotatable bonds is 6. The maximum absolute atomic E-state index is 16.2. The molecular weight excluding hydrogens is 681 g/mol. The molecule has 2 aliphatic heterocycles. The van der Waals surface area contributed by atoms with Gasteiger partial charge in [-0.2, -0.15) is 0 Å². The average molecular weight is 722 g/mol. The number of nitrogens with zero attached hydrogens (tertiary/aromatic N) is 3. The number of alkyl carbamates (subject to hydrolysis) is 1. The van der Waals surface area contributed by atoms with E-state index in [2.05, 4.69) is 22.6 Å². The van der Waals surface area contributed by atoms with Crippen LogP contribution in [0, 0.1) is 5.82 Å². The molecule has 2 fully saturated rings. The highest BCUT2D eigenvalue weighted by atomic mass is 19.1. The Bertz CT molecular complexity index is 2670. The van der Waals surface area contributed by atoms with Crippen LogP contribution in [0.25, 0.3) is 49.1 Å². The van der Waals surface area contributed by atoms with E-state index in [1.165, 1.54) is 23.2 Å². The van der Waals surface area contributed by atoms with Crippen molar-refractivity contribution in [2.24, 2.45) is 0 Å². The lowest BCUT2D eigenvalue weighted by Crippen LogP contribution is -2.41. The first kappa shape index (κ1) is 34.5. The molecule has 0 saturated carbocycles. The topological polar surface area (TPSA) is 143 Å². The van der Waals surface area contributed by atoms with Crippen LogP contribution in [0.1, 0.15) is 56.8 Å². The minimum Gasteiger partial charge on any atom is -0.451 e. The van der Waals surface area contributed by atoms with Gasteiger partial charge < -0.3 is 34.0 Å². The molecule has 53 heavy (non-hydrogen) atoms. The quantitative estimate of drug-likeness (QED) is 0.170. The summed E-state index contributed by atoms with van der Waals surface area (Å²) in [5.74, 6) is -1.32. The number of nitrogens with one attached hydrogen (secondary N) is 2. The van der Waals surface area contributed by atoms with Crippen LogP contribution in [-0.4, -0.2) is 77.1 Å². The third kappa shape index (κ3) is 6.02. The van der Waals surface area contributed by atoms with E-state index in [1.54, 1.807) is 49.4 Å². The second-order valence-electron chi connectivity index (χ2n) is 15.2. The maximum Gasteiger partial charge on any atom is 0.407 e. The van der Waals surface area contributed by atoms with E-state index in [9.17, 15) is 24.0 Å². The summed E-state index contributed by atoms with van der Waals surface area (Å²) in [6, 6.07) is 10.7. The summed E-state index contributed by atoms with van der Waals surface area (Å²) in [6.45, 7) is 7.10. The van der Waals surface area contributed by atoms with Gasteiger partial charge in [0.05, 0.1) is 16.9 Å². The van der Waals surface area contributed by atoms with Crippen LogP contribution in [0.4, 0.5) is 14.9 Å². The van der Waals surface area contributed by atoms with Crippen molar-refractivity contribution in [2.75, 3.05) is 38.5 Å². The molecule has 4 aromatic carbocycles. The lowest BCUT2D eigenvalue weighted by atomic mass is 10.0. The number of pyridine rings is 1. The van der Waals surface area contributed by atoms with Crippen LogP contribution in [0.2, 0.25) is 0 Å². The van der Waals surface area contributed by atoms with Crippen molar-refractivity contribution < 1.29 is 23.1 Å². The number of aromatic nitrogens is 1. The Labute approximate surface area is 302 Å². The molecule has 13 heteroatoms. The third-order valence-electron chi connectivity index (χ3n) is 10.5. The molecule has 0 bridgehead atoms. The Hall–Kier alpha value is -5.56. The predicted octanol–water partition coefficient (Wildman–Crippen LogP) is 5.44. The molecule has 2 saturated heterocycles. The van der Waals surface area contributed by atoms with E-state index in [4.69, 9.17) is 9.15 Å². The largest absolute Gasteiger partial charge is 0.451 e. The first-order valence-electron chi connectivity index (χ1n) is 18.0. The van der Waals surface area contributed by atoms with Gasteiger partial charge in [-0.15, -0.1) is 0 Å². The summed E-state index contributed by atoms with van der Waals surface area (Å²) in [4.78, 5) is 71.8. The van der Waals surface area contributed by atoms with Gasteiger partial charge in [0.2, 0.25) is 5.43 Å². The number of halogens is 1. The highest BCUT2D eigenvalue weighted by molar-refractivity contribution is 6.08. The van der Waals surface area contributed by atoms with Crippen LogP contribution in [-0.2, 0) is 4.74 Å². The minimum atomic E-state index is -0.732. The maximum atomic E-state index is 16.2. The van der Waals surface area contributed by atoms with Gasteiger partial charge in [-0.05, 0) is 78.2 Å². The van der Waals surface area contributed by atoms with E-state index in [0.717, 1.165) is 31.9 Å². The lowest BCUT2D eigenvalue weighted by molar-refractivity contribution is 0.0502. The van der Waals surface area contributed by atoms with Gasteiger partial charge in [0.15, 0.2) is 27.8 Å². The first-order valence-corrected chi connectivity index (χ1v) is 18.0. The summed E-state index contributed by atoms with van der Waals surface area (Å²) in [5, 5.41) is 6.75. The van der Waals surface area contributed by atoms with E-state index < -0.39 is 34.9 Å². The number of hydrogen-bond acceptors (Lipinski definition) is 9. The van der Waals surface area contributed by atoms with Gasteiger partial charge in [0, 0.05) is 53.4 Å². The van der Waals surface area contributed by atoms with Crippen molar-refractivity contribution in [3.8, 4) is 0 Å². The molecule has 2 atom stereocenters. The van der Waals surface area contributed by atoms with Gasteiger partial charge in [-0.25, -0.2) is 9.18 Å². The van der Waals surface area contributed by atoms with E-state index in [0.29, 0.717) is 24.5 Å². The van der Waals surface area contributed by atoms with Crippen molar-refractivity contribution in [3.05, 3.63) is 90.7 Å². The molecule has 8 rings (SSSR count). The molecule has 6 aromatic rings. The molecule has 2 unspecified atom stereocenters. The van der Waals surface area contributed by atoms with Crippen molar-refractivity contribution in [1.82, 2.24) is 19.5 Å². The molecule has 0 radical (unpaired) electrons. The second kappa shape index (κ2) is 12.8. The first-order chi connectivity index (χ1) is 25.3. The highest BCUT2D eigenvalue weighted by Gasteiger charge is 2.32. The number of carbonyl (C=O) groups is 2. The zero-order chi connectivity index (χ0) is 37.3. The zero-order valence-electron chi connectivity index (χ0n) is 30.0. The lowest BCUT2D eigenvalue weighted by Gasteiger charge is -2.22. The van der Waals surface area contributed by atoms with Crippen molar-refractivity contribution >= 4 is 66.8 Å². The van der Waals surface area contributed by atoms with Crippen LogP contribution >= 0.6 is 0 Å². The Kier molecular flexibility index (Phi) is 8.36. The van der Waals surface area contributed by atoms with E-state index in [1.807, 2.05) is 0 Å². The molecule has 2 aromatic heterocycles. The summed E-state index contributed by atoms with van der Waals surface area (Å²) in [7, 11) is 2.07. The molecule has 2 N–H and O–H groups in total. The molecule has 12 nitrogen and oxygen atoms in total. The molecule has 2 aliphatic rings. The number of carbonyl (C=O) groups excluding carboxylic acids is 2. The zero-order valence-corrected chi connectivity index (χ0v) is 30.0. The smallest absolute Gasteiger partial charge is 0.407 e. The summed E-state index contributed by atoms with van der Waals surface area (Å²) < 4.78 is 29.5. The molecule has 274 valence electrons. The molecular formula is C40H40FN5O7. The fourth-order valence-corrected chi connectivity index (χ4v) is 7.94. The highest BCUT2D eigenvalue weighted by Crippen LogP contribution is 2.35. The number of fused-ring (bicyclic) bond motifs is 4. The number of amides is 2. The van der Waals surface area contributed by atoms with Gasteiger partial charge in [0.1, 0.15) is 22.4 Å².